The van der Waals surface area contributed by atoms with Gasteiger partial charge in [-0.1, -0.05) is 17.7 Å². The first-order chi connectivity index (χ1) is 13.6. The van der Waals surface area contributed by atoms with E-state index >= 15 is 0 Å². The minimum absolute atomic E-state index is 0.223. The van der Waals surface area contributed by atoms with Crippen molar-refractivity contribution in [2.45, 2.75) is 19.6 Å². The first-order valence-electron chi connectivity index (χ1n) is 9.48. The van der Waals surface area contributed by atoms with E-state index in [4.69, 9.17) is 16.0 Å². The van der Waals surface area contributed by atoms with Crippen LogP contribution in [0.2, 0.25) is 5.02 Å². The summed E-state index contributed by atoms with van der Waals surface area (Å²) in [6.45, 7) is 6.52. The first-order valence-corrected chi connectivity index (χ1v) is 9.86. The number of nitrogens with one attached hydrogen (secondary N) is 1. The van der Waals surface area contributed by atoms with Crippen molar-refractivity contribution in [2.24, 2.45) is 4.99 Å². The number of nitrogens with zero attached hydrogens (tertiary/aromatic N) is 3. The average molecular weight is 409 g/mol. The van der Waals surface area contributed by atoms with E-state index in [9.17, 15) is 9.50 Å². The van der Waals surface area contributed by atoms with Gasteiger partial charge in [0.1, 0.15) is 17.7 Å². The van der Waals surface area contributed by atoms with E-state index in [1.165, 1.54) is 12.3 Å². The van der Waals surface area contributed by atoms with Gasteiger partial charge in [-0.2, -0.15) is 0 Å². The third kappa shape index (κ3) is 5.25. The highest BCUT2D eigenvalue weighted by molar-refractivity contribution is 6.31. The number of hydrogen-bond acceptors (Lipinski definition) is 4. The van der Waals surface area contributed by atoms with Gasteiger partial charge in [0.2, 0.25) is 0 Å². The van der Waals surface area contributed by atoms with Crippen LogP contribution in [0.15, 0.2) is 46.0 Å². The number of hydrogen-bond donors (Lipinski definition) is 2. The van der Waals surface area contributed by atoms with E-state index in [-0.39, 0.29) is 12.4 Å². The molecule has 0 aliphatic carbocycles. The Labute approximate surface area is 169 Å². The maximum atomic E-state index is 14.0. The van der Waals surface area contributed by atoms with Crippen LogP contribution in [0.1, 0.15) is 24.4 Å². The van der Waals surface area contributed by atoms with Gasteiger partial charge in [-0.05, 0) is 31.2 Å². The lowest BCUT2D eigenvalue weighted by Crippen LogP contribution is -2.52. The standard InChI is InChI=1S/C20H26ClFN4O2/c1-2-23-20(24-13-18(27)19-7-4-12-28-19)26-10-8-25(9-11-26)14-15-16(21)5-3-6-17(15)22/h3-7,12,18,27H,2,8-11,13-14H2,1H3,(H,23,24). The number of furan rings is 1. The molecule has 0 spiro atoms. The minimum Gasteiger partial charge on any atom is -0.467 e. The SMILES string of the molecule is CCNC(=NCC(O)c1ccco1)N1CCN(Cc2c(F)cccc2Cl)CC1. The second-order valence-corrected chi connectivity index (χ2v) is 7.10. The molecule has 0 saturated carbocycles. The molecule has 3 rings (SSSR count). The molecule has 1 aliphatic rings. The van der Waals surface area contributed by atoms with Gasteiger partial charge in [-0.3, -0.25) is 4.90 Å². The minimum atomic E-state index is -0.770. The van der Waals surface area contributed by atoms with Crippen molar-refractivity contribution in [2.75, 3.05) is 39.3 Å². The van der Waals surface area contributed by atoms with Crippen molar-refractivity contribution in [3.63, 3.8) is 0 Å². The summed E-state index contributed by atoms with van der Waals surface area (Å²) in [5.74, 6) is 1.000. The molecule has 1 aromatic heterocycles. The number of piperazine rings is 1. The third-order valence-electron chi connectivity index (χ3n) is 4.74. The zero-order chi connectivity index (χ0) is 19.9. The molecular formula is C20H26ClFN4O2. The van der Waals surface area contributed by atoms with Crippen LogP contribution in [0.4, 0.5) is 4.39 Å². The Hall–Kier alpha value is -2.09. The fraction of sp³-hybridized carbons (Fsp3) is 0.450. The number of aliphatic hydroxyl groups is 1. The number of aliphatic imine (C=N–C) groups is 1. The monoisotopic (exact) mass is 408 g/mol. The topological polar surface area (TPSA) is 64.2 Å². The van der Waals surface area contributed by atoms with Crippen molar-refractivity contribution in [1.29, 1.82) is 0 Å². The molecule has 2 N–H and O–H groups in total. The molecule has 1 saturated heterocycles. The molecule has 1 unspecified atom stereocenters. The Morgan fingerprint density at radius 1 is 1.29 bits per heavy atom. The Kier molecular flexibility index (Phi) is 7.30. The zero-order valence-electron chi connectivity index (χ0n) is 15.9. The summed E-state index contributed by atoms with van der Waals surface area (Å²) in [6.07, 6.45) is 0.766. The summed E-state index contributed by atoms with van der Waals surface area (Å²) in [5.41, 5.74) is 0.541. The fourth-order valence-corrected chi connectivity index (χ4v) is 3.42. The van der Waals surface area contributed by atoms with Crippen molar-refractivity contribution < 1.29 is 13.9 Å². The maximum absolute atomic E-state index is 14.0. The molecule has 28 heavy (non-hydrogen) atoms. The van der Waals surface area contributed by atoms with Gasteiger partial charge in [0.15, 0.2) is 5.96 Å². The predicted molar refractivity (Wildman–Crippen MR) is 108 cm³/mol. The molecule has 0 amide bonds. The Morgan fingerprint density at radius 2 is 2.07 bits per heavy atom. The Balaban J connectivity index is 1.57. The summed E-state index contributed by atoms with van der Waals surface area (Å²) in [7, 11) is 0. The number of guanidine groups is 1. The molecule has 1 aliphatic heterocycles. The van der Waals surface area contributed by atoms with E-state index in [1.807, 2.05) is 6.92 Å². The lowest BCUT2D eigenvalue weighted by molar-refractivity contribution is 0.155. The highest BCUT2D eigenvalue weighted by atomic mass is 35.5. The van der Waals surface area contributed by atoms with Crippen LogP contribution in [0.25, 0.3) is 0 Å². The van der Waals surface area contributed by atoms with Gasteiger partial charge in [-0.15, -0.1) is 0 Å². The van der Waals surface area contributed by atoms with Gasteiger partial charge in [0.25, 0.3) is 0 Å². The van der Waals surface area contributed by atoms with Gasteiger partial charge in [0, 0.05) is 49.9 Å². The summed E-state index contributed by atoms with van der Waals surface area (Å²) in [4.78, 5) is 8.89. The second-order valence-electron chi connectivity index (χ2n) is 6.69. The summed E-state index contributed by atoms with van der Waals surface area (Å²) in [5, 5.41) is 13.9. The lowest BCUT2D eigenvalue weighted by Gasteiger charge is -2.36. The van der Waals surface area contributed by atoms with Crippen LogP contribution >= 0.6 is 11.6 Å². The molecule has 0 radical (unpaired) electrons. The molecule has 0 bridgehead atoms. The van der Waals surface area contributed by atoms with Crippen LogP contribution < -0.4 is 5.32 Å². The molecule has 152 valence electrons. The van der Waals surface area contributed by atoms with Crippen molar-refractivity contribution in [3.8, 4) is 0 Å². The highest BCUT2D eigenvalue weighted by Crippen LogP contribution is 2.21. The fourth-order valence-electron chi connectivity index (χ4n) is 3.19. The van der Waals surface area contributed by atoms with Crippen LogP contribution in [0, 0.1) is 5.82 Å². The maximum Gasteiger partial charge on any atom is 0.194 e. The number of rotatable bonds is 6. The number of benzene rings is 1. The van der Waals surface area contributed by atoms with Crippen molar-refractivity contribution in [1.82, 2.24) is 15.1 Å². The predicted octanol–water partition coefficient (Wildman–Crippen LogP) is 2.89. The molecule has 6 nitrogen and oxygen atoms in total. The largest absolute Gasteiger partial charge is 0.467 e. The molecule has 1 fully saturated rings. The Morgan fingerprint density at radius 3 is 2.71 bits per heavy atom. The van der Waals surface area contributed by atoms with E-state index < -0.39 is 6.10 Å². The normalized spacial score (nSPS) is 17.0. The van der Waals surface area contributed by atoms with Crippen molar-refractivity contribution >= 4 is 17.6 Å². The van der Waals surface area contributed by atoms with Gasteiger partial charge >= 0.3 is 0 Å². The molecule has 2 heterocycles. The number of halogens is 2. The third-order valence-corrected chi connectivity index (χ3v) is 5.09. The highest BCUT2D eigenvalue weighted by Gasteiger charge is 2.22. The van der Waals surface area contributed by atoms with Crippen LogP contribution in [-0.2, 0) is 6.54 Å². The van der Waals surface area contributed by atoms with E-state index in [0.29, 0.717) is 22.9 Å². The van der Waals surface area contributed by atoms with Gasteiger partial charge in [0.05, 0.1) is 12.8 Å². The molecule has 2 aromatic rings. The van der Waals surface area contributed by atoms with Crippen LogP contribution in [0.5, 0.6) is 0 Å². The first kappa shape index (κ1) is 20.6. The summed E-state index contributed by atoms with van der Waals surface area (Å²) < 4.78 is 19.2. The van der Waals surface area contributed by atoms with E-state index in [2.05, 4.69) is 20.1 Å². The molecular weight excluding hydrogens is 383 g/mol. The summed E-state index contributed by atoms with van der Waals surface area (Å²) in [6, 6.07) is 8.26. The van der Waals surface area contributed by atoms with E-state index in [0.717, 1.165) is 38.7 Å². The van der Waals surface area contributed by atoms with E-state index in [1.54, 1.807) is 24.3 Å². The van der Waals surface area contributed by atoms with Gasteiger partial charge < -0.3 is 19.7 Å². The average Bonchev–Trinajstić information content (AvgIpc) is 3.23. The van der Waals surface area contributed by atoms with Gasteiger partial charge in [-0.25, -0.2) is 9.38 Å². The molecule has 8 heteroatoms. The zero-order valence-corrected chi connectivity index (χ0v) is 16.7. The Bertz CT molecular complexity index is 756. The molecule has 1 atom stereocenters. The van der Waals surface area contributed by atoms with Crippen LogP contribution in [-0.4, -0.2) is 60.1 Å². The number of aliphatic hydroxyl groups excluding tert-OH is 1. The quantitative estimate of drug-likeness (QED) is 0.568. The molecule has 1 aromatic carbocycles. The van der Waals surface area contributed by atoms with Crippen LogP contribution in [0.3, 0.4) is 0 Å². The summed E-state index contributed by atoms with van der Waals surface area (Å²) >= 11 is 6.14. The smallest absolute Gasteiger partial charge is 0.194 e. The second kappa shape index (κ2) is 9.91. The van der Waals surface area contributed by atoms with Crippen molar-refractivity contribution in [3.05, 3.63) is 58.8 Å². The lowest BCUT2D eigenvalue weighted by atomic mass is 10.2.